The molecule has 2 N–H and O–H groups in total. The van der Waals surface area contributed by atoms with E-state index in [4.69, 9.17) is 11.6 Å². The second-order valence-electron chi connectivity index (χ2n) is 8.38. The van der Waals surface area contributed by atoms with Gasteiger partial charge < -0.3 is 15.2 Å². The van der Waals surface area contributed by atoms with Crippen LogP contribution in [0.1, 0.15) is 28.9 Å². The molecule has 1 aliphatic heterocycles. The summed E-state index contributed by atoms with van der Waals surface area (Å²) in [6.45, 7) is -0.313. The van der Waals surface area contributed by atoms with Crippen LogP contribution < -0.4 is 5.32 Å². The van der Waals surface area contributed by atoms with Crippen molar-refractivity contribution in [1.82, 2.24) is 20.2 Å². The third kappa shape index (κ3) is 5.72. The molecule has 0 unspecified atom stereocenters. The molecule has 3 heterocycles. The van der Waals surface area contributed by atoms with E-state index in [9.17, 15) is 31.5 Å². The monoisotopic (exact) mass is 514 g/mol. The van der Waals surface area contributed by atoms with Crippen LogP contribution in [0, 0.1) is 17.6 Å². The van der Waals surface area contributed by atoms with E-state index < -0.39 is 41.6 Å². The summed E-state index contributed by atoms with van der Waals surface area (Å²) < 4.78 is 66.7. The van der Waals surface area contributed by atoms with Gasteiger partial charge in [0.25, 0.3) is 5.91 Å². The number of alkyl halides is 3. The highest BCUT2D eigenvalue weighted by Gasteiger charge is 2.42. The number of H-pyrrole nitrogens is 1. The molecule has 1 fully saturated rings. The largest absolute Gasteiger partial charge is 0.391 e. The van der Waals surface area contributed by atoms with Crippen LogP contribution in [-0.2, 0) is 11.2 Å². The minimum atomic E-state index is -4.35. The number of nitrogens with zero attached hydrogens (tertiary/aromatic N) is 2. The lowest BCUT2D eigenvalue weighted by molar-refractivity contribution is -0.186. The van der Waals surface area contributed by atoms with Gasteiger partial charge in [0.05, 0.1) is 10.9 Å². The Labute approximate surface area is 201 Å². The highest BCUT2D eigenvalue weighted by molar-refractivity contribution is 6.31. The molecule has 0 saturated carbocycles. The first kappa shape index (κ1) is 24.9. The summed E-state index contributed by atoms with van der Waals surface area (Å²) in [4.78, 5) is 34.2. The standard InChI is InChI=1S/C23H20ClF5N4O2/c24-15-7-13-9-18(31-20(13)30-11-15)21(34)32-19(8-12-1-2-16(25)10-17(12)26)22(35)33-5-3-14(4-6-33)23(27,28)29/h1-2,7,9-11,14,19H,3-6,8H2,(H,30,31)(H,32,34)/t19-/m0/s1. The van der Waals surface area contributed by atoms with Crippen LogP contribution in [0.15, 0.2) is 36.5 Å². The van der Waals surface area contributed by atoms with Crippen LogP contribution in [0.3, 0.4) is 0 Å². The van der Waals surface area contributed by atoms with E-state index in [-0.39, 0.29) is 43.6 Å². The van der Waals surface area contributed by atoms with Crippen molar-refractivity contribution in [2.75, 3.05) is 13.1 Å². The Hall–Kier alpha value is -3.21. The van der Waals surface area contributed by atoms with Gasteiger partial charge in [-0.3, -0.25) is 9.59 Å². The zero-order valence-corrected chi connectivity index (χ0v) is 18.9. The molecule has 0 radical (unpaired) electrons. The topological polar surface area (TPSA) is 78.1 Å². The number of piperidine rings is 1. The van der Waals surface area contributed by atoms with E-state index >= 15 is 0 Å². The van der Waals surface area contributed by atoms with Crippen molar-refractivity contribution in [3.8, 4) is 0 Å². The van der Waals surface area contributed by atoms with E-state index in [1.807, 2.05) is 0 Å². The molecule has 2 amide bonds. The van der Waals surface area contributed by atoms with Crippen molar-refractivity contribution >= 4 is 34.4 Å². The summed E-state index contributed by atoms with van der Waals surface area (Å²) in [7, 11) is 0. The van der Waals surface area contributed by atoms with Gasteiger partial charge in [-0.25, -0.2) is 13.8 Å². The van der Waals surface area contributed by atoms with Crippen LogP contribution in [0.4, 0.5) is 22.0 Å². The number of benzene rings is 1. The number of carbonyl (C=O) groups excluding carboxylic acids is 2. The van der Waals surface area contributed by atoms with Crippen LogP contribution in [0.5, 0.6) is 0 Å². The number of pyridine rings is 1. The molecule has 4 rings (SSSR count). The molecule has 12 heteroatoms. The second kappa shape index (κ2) is 9.80. The number of hydrogen-bond acceptors (Lipinski definition) is 3. The number of amides is 2. The van der Waals surface area contributed by atoms with Crippen LogP contribution >= 0.6 is 11.6 Å². The SMILES string of the molecule is O=C(N[C@@H](Cc1ccc(F)cc1F)C(=O)N1CCC(C(F)(F)F)CC1)c1cc2cc(Cl)cnc2[nH]1. The molecule has 6 nitrogen and oxygen atoms in total. The predicted molar refractivity (Wildman–Crippen MR) is 118 cm³/mol. The molecule has 0 spiro atoms. The van der Waals surface area contributed by atoms with Gasteiger partial charge in [0.1, 0.15) is 29.0 Å². The van der Waals surface area contributed by atoms with Gasteiger partial charge in [-0.2, -0.15) is 13.2 Å². The van der Waals surface area contributed by atoms with Crippen LogP contribution in [0.2, 0.25) is 5.02 Å². The Kier molecular flexibility index (Phi) is 6.98. The number of nitrogens with one attached hydrogen (secondary N) is 2. The molecular formula is C23H20ClF5N4O2. The van der Waals surface area contributed by atoms with E-state index in [1.54, 1.807) is 6.07 Å². The first-order chi connectivity index (χ1) is 16.5. The smallest absolute Gasteiger partial charge is 0.341 e. The zero-order valence-electron chi connectivity index (χ0n) is 18.1. The summed E-state index contributed by atoms with van der Waals surface area (Å²) in [5, 5.41) is 3.43. The van der Waals surface area contributed by atoms with Crippen molar-refractivity contribution < 1.29 is 31.5 Å². The number of rotatable bonds is 5. The van der Waals surface area contributed by atoms with Gasteiger partial charge in [0.15, 0.2) is 0 Å². The number of carbonyl (C=O) groups is 2. The minimum absolute atomic E-state index is 0.0275. The molecule has 1 aromatic carbocycles. The van der Waals surface area contributed by atoms with Gasteiger partial charge in [0, 0.05) is 37.2 Å². The Morgan fingerprint density at radius 3 is 2.54 bits per heavy atom. The van der Waals surface area contributed by atoms with Crippen molar-refractivity contribution in [1.29, 1.82) is 0 Å². The molecule has 1 atom stereocenters. The van der Waals surface area contributed by atoms with Gasteiger partial charge in [-0.15, -0.1) is 0 Å². The highest BCUT2D eigenvalue weighted by Crippen LogP contribution is 2.34. The zero-order chi connectivity index (χ0) is 25.3. The summed E-state index contributed by atoms with van der Waals surface area (Å²) in [6, 6.07) is 4.58. The average Bonchev–Trinajstić information content (AvgIpc) is 3.22. The van der Waals surface area contributed by atoms with E-state index in [2.05, 4.69) is 15.3 Å². The van der Waals surface area contributed by atoms with Gasteiger partial charge in [-0.1, -0.05) is 17.7 Å². The minimum Gasteiger partial charge on any atom is -0.341 e. The van der Waals surface area contributed by atoms with Gasteiger partial charge in [-0.05, 0) is 36.6 Å². The fourth-order valence-corrected chi connectivity index (χ4v) is 4.27. The van der Waals surface area contributed by atoms with E-state index in [0.29, 0.717) is 22.1 Å². The fourth-order valence-electron chi connectivity index (χ4n) is 4.10. The lowest BCUT2D eigenvalue weighted by atomic mass is 9.95. The first-order valence-electron chi connectivity index (χ1n) is 10.8. The van der Waals surface area contributed by atoms with E-state index in [1.165, 1.54) is 17.2 Å². The number of halogens is 6. The quantitative estimate of drug-likeness (QED) is 0.487. The Morgan fingerprint density at radius 2 is 1.89 bits per heavy atom. The number of aromatic amines is 1. The Morgan fingerprint density at radius 1 is 1.17 bits per heavy atom. The Balaban J connectivity index is 1.55. The van der Waals surface area contributed by atoms with Crippen LogP contribution in [0.25, 0.3) is 11.0 Å². The number of aromatic nitrogens is 2. The van der Waals surface area contributed by atoms with Crippen molar-refractivity contribution in [3.05, 3.63) is 64.4 Å². The molecule has 1 saturated heterocycles. The number of hydrogen-bond donors (Lipinski definition) is 2. The molecule has 0 bridgehead atoms. The lowest BCUT2D eigenvalue weighted by Gasteiger charge is -2.35. The number of fused-ring (bicyclic) bond motifs is 1. The Bertz CT molecular complexity index is 1250. The first-order valence-corrected chi connectivity index (χ1v) is 11.1. The van der Waals surface area contributed by atoms with Gasteiger partial charge >= 0.3 is 6.18 Å². The van der Waals surface area contributed by atoms with Crippen molar-refractivity contribution in [3.63, 3.8) is 0 Å². The molecule has 1 aliphatic rings. The highest BCUT2D eigenvalue weighted by atomic mass is 35.5. The number of likely N-dealkylation sites (tertiary alicyclic amines) is 1. The lowest BCUT2D eigenvalue weighted by Crippen LogP contribution is -2.52. The molecular weight excluding hydrogens is 495 g/mol. The summed E-state index contributed by atoms with van der Waals surface area (Å²) in [5.41, 5.74) is 0.407. The van der Waals surface area contributed by atoms with E-state index in [0.717, 1.165) is 12.1 Å². The third-order valence-electron chi connectivity index (χ3n) is 5.99. The molecule has 186 valence electrons. The predicted octanol–water partition coefficient (Wildman–Crippen LogP) is 4.64. The van der Waals surface area contributed by atoms with Crippen molar-refractivity contribution in [2.45, 2.75) is 31.5 Å². The molecule has 0 aliphatic carbocycles. The maximum absolute atomic E-state index is 14.3. The maximum atomic E-state index is 14.3. The maximum Gasteiger partial charge on any atom is 0.391 e. The van der Waals surface area contributed by atoms with Gasteiger partial charge in [0.2, 0.25) is 5.91 Å². The molecule has 3 aromatic rings. The molecule has 35 heavy (non-hydrogen) atoms. The second-order valence-corrected chi connectivity index (χ2v) is 8.82. The average molecular weight is 515 g/mol. The summed E-state index contributed by atoms with van der Waals surface area (Å²) in [5.74, 6) is -4.58. The van der Waals surface area contributed by atoms with Crippen LogP contribution in [-0.4, -0.2) is 52.0 Å². The third-order valence-corrected chi connectivity index (χ3v) is 6.20. The molecule has 2 aromatic heterocycles. The summed E-state index contributed by atoms with van der Waals surface area (Å²) >= 11 is 5.91. The van der Waals surface area contributed by atoms with Crippen molar-refractivity contribution in [2.24, 2.45) is 5.92 Å². The summed E-state index contributed by atoms with van der Waals surface area (Å²) in [6.07, 6.45) is -3.83. The fraction of sp³-hybridized carbons (Fsp3) is 0.348. The normalized spacial score (nSPS) is 15.9.